The summed E-state index contributed by atoms with van der Waals surface area (Å²) in [6.45, 7) is 4.84. The van der Waals surface area contributed by atoms with Crippen molar-refractivity contribution in [2.75, 3.05) is 11.9 Å². The SMILES string of the molecule is Cc1cc(NC2CCOC3(CCCC3)C2)nc(C)n1. The molecule has 1 aliphatic carbocycles. The number of anilines is 1. The van der Waals surface area contributed by atoms with Gasteiger partial charge in [0.1, 0.15) is 11.6 Å². The predicted octanol–water partition coefficient (Wildman–Crippen LogP) is 3.00. The minimum Gasteiger partial charge on any atom is -0.375 e. The first-order valence-corrected chi connectivity index (χ1v) is 7.38. The zero-order chi connectivity index (χ0) is 13.3. The summed E-state index contributed by atoms with van der Waals surface area (Å²) in [6.07, 6.45) is 7.29. The Bertz CT molecular complexity index is 434. The van der Waals surface area contributed by atoms with Gasteiger partial charge in [0.2, 0.25) is 0 Å². The van der Waals surface area contributed by atoms with E-state index in [1.54, 1.807) is 0 Å². The predicted molar refractivity (Wildman–Crippen MR) is 75.3 cm³/mol. The van der Waals surface area contributed by atoms with Gasteiger partial charge in [-0.25, -0.2) is 9.97 Å². The van der Waals surface area contributed by atoms with E-state index in [-0.39, 0.29) is 5.60 Å². The fourth-order valence-corrected chi connectivity index (χ4v) is 3.52. The Morgan fingerprint density at radius 1 is 1.26 bits per heavy atom. The average molecular weight is 261 g/mol. The lowest BCUT2D eigenvalue weighted by molar-refractivity contribution is -0.0767. The number of nitrogens with zero attached hydrogens (tertiary/aromatic N) is 2. The third-order valence-electron chi connectivity index (χ3n) is 4.33. The molecule has 1 aromatic rings. The number of hydrogen-bond acceptors (Lipinski definition) is 4. The zero-order valence-electron chi connectivity index (χ0n) is 11.9. The molecule has 104 valence electrons. The summed E-state index contributed by atoms with van der Waals surface area (Å²) in [6, 6.07) is 2.52. The molecule has 3 rings (SSSR count). The molecule has 1 aromatic heterocycles. The first-order chi connectivity index (χ1) is 9.15. The Hall–Kier alpha value is -1.16. The zero-order valence-corrected chi connectivity index (χ0v) is 11.9. The molecule has 19 heavy (non-hydrogen) atoms. The molecule has 2 aliphatic rings. The van der Waals surface area contributed by atoms with Crippen molar-refractivity contribution in [2.45, 2.75) is 64.0 Å². The maximum atomic E-state index is 6.07. The highest BCUT2D eigenvalue weighted by Crippen LogP contribution is 2.40. The quantitative estimate of drug-likeness (QED) is 0.889. The minimum atomic E-state index is 0.160. The first-order valence-electron chi connectivity index (χ1n) is 7.38. The second-order valence-electron chi connectivity index (χ2n) is 6.01. The molecular formula is C15H23N3O. The molecule has 0 radical (unpaired) electrons. The third kappa shape index (κ3) is 2.89. The van der Waals surface area contributed by atoms with Crippen LogP contribution in [0, 0.1) is 13.8 Å². The number of nitrogens with one attached hydrogen (secondary N) is 1. The van der Waals surface area contributed by atoms with Crippen molar-refractivity contribution in [3.63, 3.8) is 0 Å². The van der Waals surface area contributed by atoms with Crippen LogP contribution in [-0.2, 0) is 4.74 Å². The summed E-state index contributed by atoms with van der Waals surface area (Å²) in [5.74, 6) is 1.80. The summed E-state index contributed by atoms with van der Waals surface area (Å²) >= 11 is 0. The van der Waals surface area contributed by atoms with Crippen LogP contribution in [0.2, 0.25) is 0 Å². The van der Waals surface area contributed by atoms with Crippen LogP contribution in [0.1, 0.15) is 50.0 Å². The maximum Gasteiger partial charge on any atom is 0.130 e. The molecule has 1 aliphatic heterocycles. The van der Waals surface area contributed by atoms with Gasteiger partial charge in [-0.15, -0.1) is 0 Å². The van der Waals surface area contributed by atoms with E-state index in [0.717, 1.165) is 36.8 Å². The van der Waals surface area contributed by atoms with Crippen LogP contribution in [0.3, 0.4) is 0 Å². The van der Waals surface area contributed by atoms with E-state index in [4.69, 9.17) is 4.74 Å². The van der Waals surface area contributed by atoms with Crippen LogP contribution in [0.25, 0.3) is 0 Å². The molecule has 0 bridgehead atoms. The van der Waals surface area contributed by atoms with Gasteiger partial charge in [0.25, 0.3) is 0 Å². The molecule has 0 amide bonds. The van der Waals surface area contributed by atoms with Gasteiger partial charge >= 0.3 is 0 Å². The number of rotatable bonds is 2. The Morgan fingerprint density at radius 3 is 2.79 bits per heavy atom. The van der Waals surface area contributed by atoms with Crippen LogP contribution >= 0.6 is 0 Å². The fraction of sp³-hybridized carbons (Fsp3) is 0.733. The van der Waals surface area contributed by atoms with Gasteiger partial charge in [-0.1, -0.05) is 12.8 Å². The standard InChI is InChI=1S/C15H23N3O/c1-11-9-14(17-12(2)16-11)18-13-5-8-19-15(10-13)6-3-4-7-15/h9,13H,3-8,10H2,1-2H3,(H,16,17,18). The lowest BCUT2D eigenvalue weighted by Gasteiger charge is -2.38. The Kier molecular flexibility index (Phi) is 3.44. The van der Waals surface area contributed by atoms with E-state index >= 15 is 0 Å². The molecule has 0 aromatic carbocycles. The van der Waals surface area contributed by atoms with E-state index in [0.29, 0.717) is 6.04 Å². The van der Waals surface area contributed by atoms with E-state index in [9.17, 15) is 0 Å². The highest BCUT2D eigenvalue weighted by Gasteiger charge is 2.39. The molecule has 2 fully saturated rings. The molecular weight excluding hydrogens is 238 g/mol. The first kappa shape index (κ1) is 12.9. The fourth-order valence-electron chi connectivity index (χ4n) is 3.52. The van der Waals surface area contributed by atoms with Gasteiger partial charge in [-0.2, -0.15) is 0 Å². The van der Waals surface area contributed by atoms with Crippen molar-refractivity contribution in [3.8, 4) is 0 Å². The Balaban J connectivity index is 1.69. The summed E-state index contributed by atoms with van der Waals surface area (Å²) < 4.78 is 6.07. The van der Waals surface area contributed by atoms with Crippen LogP contribution in [0.15, 0.2) is 6.07 Å². The Labute approximate surface area is 115 Å². The molecule has 1 unspecified atom stereocenters. The molecule has 1 atom stereocenters. The van der Waals surface area contributed by atoms with Gasteiger partial charge in [0, 0.05) is 24.4 Å². The second kappa shape index (κ2) is 5.08. The van der Waals surface area contributed by atoms with Crippen LogP contribution in [0.4, 0.5) is 5.82 Å². The summed E-state index contributed by atoms with van der Waals surface area (Å²) in [7, 11) is 0. The lowest BCUT2D eigenvalue weighted by atomic mass is 9.89. The molecule has 4 heteroatoms. The number of ether oxygens (including phenoxy) is 1. The van der Waals surface area contributed by atoms with Gasteiger partial charge < -0.3 is 10.1 Å². The van der Waals surface area contributed by atoms with Gasteiger partial charge in [0.15, 0.2) is 0 Å². The number of hydrogen-bond donors (Lipinski definition) is 1. The number of aromatic nitrogens is 2. The molecule has 1 spiro atoms. The Morgan fingerprint density at radius 2 is 2.05 bits per heavy atom. The maximum absolute atomic E-state index is 6.07. The van der Waals surface area contributed by atoms with Crippen LogP contribution < -0.4 is 5.32 Å². The van der Waals surface area contributed by atoms with E-state index in [2.05, 4.69) is 15.3 Å². The third-order valence-corrected chi connectivity index (χ3v) is 4.33. The lowest BCUT2D eigenvalue weighted by Crippen LogP contribution is -2.42. The normalized spacial score (nSPS) is 25.7. The minimum absolute atomic E-state index is 0.160. The smallest absolute Gasteiger partial charge is 0.130 e. The summed E-state index contributed by atoms with van der Waals surface area (Å²) in [5.41, 5.74) is 1.19. The highest BCUT2D eigenvalue weighted by atomic mass is 16.5. The average Bonchev–Trinajstić information content (AvgIpc) is 2.76. The molecule has 4 nitrogen and oxygen atoms in total. The van der Waals surface area contributed by atoms with Gasteiger partial charge in [0.05, 0.1) is 5.60 Å². The van der Waals surface area contributed by atoms with Crippen molar-refractivity contribution in [1.82, 2.24) is 9.97 Å². The molecule has 2 heterocycles. The van der Waals surface area contributed by atoms with Crippen molar-refractivity contribution in [1.29, 1.82) is 0 Å². The van der Waals surface area contributed by atoms with Crippen molar-refractivity contribution in [3.05, 3.63) is 17.6 Å². The van der Waals surface area contributed by atoms with Crippen LogP contribution in [0.5, 0.6) is 0 Å². The van der Waals surface area contributed by atoms with Gasteiger partial charge in [-0.05, 0) is 39.5 Å². The number of aryl methyl sites for hydroxylation is 2. The van der Waals surface area contributed by atoms with Crippen LogP contribution in [-0.4, -0.2) is 28.2 Å². The van der Waals surface area contributed by atoms with Crippen molar-refractivity contribution < 1.29 is 4.74 Å². The summed E-state index contributed by atoms with van der Waals surface area (Å²) in [5, 5.41) is 3.58. The monoisotopic (exact) mass is 261 g/mol. The molecule has 1 saturated carbocycles. The topological polar surface area (TPSA) is 47.0 Å². The van der Waals surface area contributed by atoms with Gasteiger partial charge in [-0.3, -0.25) is 0 Å². The summed E-state index contributed by atoms with van der Waals surface area (Å²) in [4.78, 5) is 8.80. The largest absolute Gasteiger partial charge is 0.375 e. The van der Waals surface area contributed by atoms with E-state index in [1.165, 1.54) is 25.7 Å². The molecule has 1 N–H and O–H groups in total. The second-order valence-corrected chi connectivity index (χ2v) is 6.01. The van der Waals surface area contributed by atoms with E-state index in [1.807, 2.05) is 19.9 Å². The van der Waals surface area contributed by atoms with Crippen molar-refractivity contribution >= 4 is 5.82 Å². The highest BCUT2D eigenvalue weighted by molar-refractivity contribution is 5.37. The van der Waals surface area contributed by atoms with Crippen molar-refractivity contribution in [2.24, 2.45) is 0 Å². The molecule has 1 saturated heterocycles. The van der Waals surface area contributed by atoms with E-state index < -0.39 is 0 Å².